The highest BCUT2D eigenvalue weighted by Crippen LogP contribution is 2.31. The Hall–Kier alpha value is -1.87. The molecule has 1 aliphatic rings. The van der Waals surface area contributed by atoms with Crippen molar-refractivity contribution < 1.29 is 27.5 Å². The predicted octanol–water partition coefficient (Wildman–Crippen LogP) is 2.81. The van der Waals surface area contributed by atoms with Gasteiger partial charge in [-0.1, -0.05) is 0 Å². The summed E-state index contributed by atoms with van der Waals surface area (Å²) in [7, 11) is 0. The van der Waals surface area contributed by atoms with Gasteiger partial charge >= 0.3 is 12.2 Å². The van der Waals surface area contributed by atoms with Crippen LogP contribution in [0.25, 0.3) is 0 Å². The average molecular weight is 363 g/mol. The third-order valence-electron chi connectivity index (χ3n) is 3.90. The number of hydrogen-bond acceptors (Lipinski definition) is 3. The number of urea groups is 1. The van der Waals surface area contributed by atoms with Crippen LogP contribution in [0.4, 0.5) is 28.0 Å². The number of alkyl halides is 3. The number of hydrogen-bond donors (Lipinski definition) is 3. The van der Waals surface area contributed by atoms with Gasteiger partial charge in [-0.3, -0.25) is 0 Å². The van der Waals surface area contributed by atoms with E-state index in [1.165, 1.54) is 0 Å². The standard InChI is InChI=1S/C16H21F4N3O2/c17-12-7-11(16(18,19)20)8-13(9-12)22-15(25)21-4-2-6-23-5-1-3-14(24)10-23/h7-9,14,24H,1-6,10H2,(H2,21,22,25)/t14-/m0/s1. The Bertz CT molecular complexity index is 595. The first-order chi connectivity index (χ1) is 11.7. The van der Waals surface area contributed by atoms with Gasteiger partial charge in [-0.05, 0) is 50.6 Å². The number of β-amino-alcohol motifs (C(OH)–C–C–N with tert-alkyl or cyclic N) is 1. The molecule has 0 radical (unpaired) electrons. The number of piperidine rings is 1. The summed E-state index contributed by atoms with van der Waals surface area (Å²) in [6.07, 6.45) is -2.65. The van der Waals surface area contributed by atoms with Gasteiger partial charge in [0.25, 0.3) is 0 Å². The molecule has 140 valence electrons. The molecule has 0 bridgehead atoms. The van der Waals surface area contributed by atoms with Gasteiger partial charge in [-0.15, -0.1) is 0 Å². The Balaban J connectivity index is 1.76. The van der Waals surface area contributed by atoms with E-state index in [0.29, 0.717) is 38.2 Å². The second-order valence-corrected chi connectivity index (χ2v) is 6.06. The van der Waals surface area contributed by atoms with Crippen molar-refractivity contribution >= 4 is 11.7 Å². The van der Waals surface area contributed by atoms with Crippen molar-refractivity contribution in [3.63, 3.8) is 0 Å². The zero-order valence-electron chi connectivity index (χ0n) is 13.6. The molecule has 0 aliphatic carbocycles. The van der Waals surface area contributed by atoms with Gasteiger partial charge in [-0.25, -0.2) is 9.18 Å². The number of anilines is 1. The number of rotatable bonds is 5. The lowest BCUT2D eigenvalue weighted by Crippen LogP contribution is -2.40. The first kappa shape index (κ1) is 19.5. The molecule has 1 aromatic carbocycles. The van der Waals surface area contributed by atoms with Crippen molar-refractivity contribution in [2.24, 2.45) is 0 Å². The maximum atomic E-state index is 13.3. The number of benzene rings is 1. The summed E-state index contributed by atoms with van der Waals surface area (Å²) in [4.78, 5) is 13.8. The van der Waals surface area contributed by atoms with Gasteiger partial charge < -0.3 is 20.6 Å². The van der Waals surface area contributed by atoms with Crippen molar-refractivity contribution in [2.75, 3.05) is 31.5 Å². The normalized spacial score (nSPS) is 18.8. The summed E-state index contributed by atoms with van der Waals surface area (Å²) >= 11 is 0. The van der Waals surface area contributed by atoms with Crippen LogP contribution in [0.1, 0.15) is 24.8 Å². The van der Waals surface area contributed by atoms with Gasteiger partial charge in [0, 0.05) is 18.8 Å². The minimum Gasteiger partial charge on any atom is -0.392 e. The minimum atomic E-state index is -4.69. The van der Waals surface area contributed by atoms with Crippen LogP contribution in [0, 0.1) is 5.82 Å². The summed E-state index contributed by atoms with van der Waals surface area (Å²) in [6, 6.07) is 1.18. The molecule has 5 nitrogen and oxygen atoms in total. The Kier molecular flexibility index (Phi) is 6.60. The summed E-state index contributed by atoms with van der Waals surface area (Å²) < 4.78 is 51.1. The van der Waals surface area contributed by atoms with Gasteiger partial charge in [-0.2, -0.15) is 13.2 Å². The van der Waals surface area contributed by atoms with Gasteiger partial charge in [0.15, 0.2) is 0 Å². The topological polar surface area (TPSA) is 64.6 Å². The van der Waals surface area contributed by atoms with Gasteiger partial charge in [0.05, 0.1) is 11.7 Å². The molecular weight excluding hydrogens is 342 g/mol. The van der Waals surface area contributed by atoms with Crippen molar-refractivity contribution in [2.45, 2.75) is 31.5 Å². The molecule has 1 aliphatic heterocycles. The smallest absolute Gasteiger partial charge is 0.392 e. The molecule has 1 aromatic rings. The Morgan fingerprint density at radius 2 is 2.08 bits per heavy atom. The first-order valence-corrected chi connectivity index (χ1v) is 8.07. The molecule has 9 heteroatoms. The maximum absolute atomic E-state index is 13.3. The molecule has 0 aromatic heterocycles. The predicted molar refractivity (Wildman–Crippen MR) is 84.7 cm³/mol. The van der Waals surface area contributed by atoms with Crippen LogP contribution >= 0.6 is 0 Å². The van der Waals surface area contributed by atoms with Crippen LogP contribution < -0.4 is 10.6 Å². The number of likely N-dealkylation sites (tertiary alicyclic amines) is 1. The zero-order valence-corrected chi connectivity index (χ0v) is 13.6. The van der Waals surface area contributed by atoms with E-state index in [9.17, 15) is 27.5 Å². The molecule has 0 unspecified atom stereocenters. The fraction of sp³-hybridized carbons (Fsp3) is 0.562. The van der Waals surface area contributed by atoms with Crippen LogP contribution in [0.2, 0.25) is 0 Å². The summed E-state index contributed by atoms with van der Waals surface area (Å²) in [5.74, 6) is -1.08. The number of carbonyl (C=O) groups is 1. The third-order valence-corrected chi connectivity index (χ3v) is 3.90. The number of amides is 2. The van der Waals surface area contributed by atoms with Crippen molar-refractivity contribution in [3.8, 4) is 0 Å². The number of halogens is 4. The maximum Gasteiger partial charge on any atom is 0.416 e. The van der Waals surface area contributed by atoms with Crippen LogP contribution in [0.5, 0.6) is 0 Å². The number of nitrogens with one attached hydrogen (secondary N) is 2. The largest absolute Gasteiger partial charge is 0.416 e. The molecule has 1 heterocycles. The average Bonchev–Trinajstić information content (AvgIpc) is 2.50. The second-order valence-electron chi connectivity index (χ2n) is 6.06. The molecule has 2 rings (SSSR count). The van der Waals surface area contributed by atoms with Crippen LogP contribution in [-0.2, 0) is 6.18 Å². The second kappa shape index (κ2) is 8.48. The number of carbonyl (C=O) groups excluding carboxylic acids is 1. The van der Waals surface area contributed by atoms with E-state index in [0.717, 1.165) is 25.5 Å². The molecule has 1 saturated heterocycles. The van der Waals surface area contributed by atoms with Crippen LogP contribution in [-0.4, -0.2) is 48.3 Å². The van der Waals surface area contributed by atoms with Crippen LogP contribution in [0.3, 0.4) is 0 Å². The third kappa shape index (κ3) is 6.50. The fourth-order valence-electron chi connectivity index (χ4n) is 2.74. The van der Waals surface area contributed by atoms with Crippen molar-refractivity contribution in [1.82, 2.24) is 10.2 Å². The fourth-order valence-corrected chi connectivity index (χ4v) is 2.74. The number of nitrogens with zero attached hydrogens (tertiary/aromatic N) is 1. The lowest BCUT2D eigenvalue weighted by atomic mass is 10.1. The SMILES string of the molecule is O=C(NCCCN1CCC[C@H](O)C1)Nc1cc(F)cc(C(F)(F)F)c1. The first-order valence-electron chi connectivity index (χ1n) is 8.07. The molecule has 0 saturated carbocycles. The Morgan fingerprint density at radius 1 is 1.32 bits per heavy atom. The van der Waals surface area contributed by atoms with Crippen LogP contribution in [0.15, 0.2) is 18.2 Å². The highest BCUT2D eigenvalue weighted by Gasteiger charge is 2.31. The van der Waals surface area contributed by atoms with E-state index >= 15 is 0 Å². The van der Waals surface area contributed by atoms with Gasteiger partial charge in [0.2, 0.25) is 0 Å². The van der Waals surface area contributed by atoms with E-state index in [-0.39, 0.29) is 11.8 Å². The highest BCUT2D eigenvalue weighted by atomic mass is 19.4. The lowest BCUT2D eigenvalue weighted by molar-refractivity contribution is -0.137. The monoisotopic (exact) mass is 363 g/mol. The van der Waals surface area contributed by atoms with E-state index in [4.69, 9.17) is 0 Å². The Labute approximate surface area is 143 Å². The van der Waals surface area contributed by atoms with Gasteiger partial charge in [0.1, 0.15) is 5.82 Å². The summed E-state index contributed by atoms with van der Waals surface area (Å²) in [5.41, 5.74) is -1.42. The molecule has 25 heavy (non-hydrogen) atoms. The van der Waals surface area contributed by atoms with Crippen molar-refractivity contribution in [1.29, 1.82) is 0 Å². The highest BCUT2D eigenvalue weighted by molar-refractivity contribution is 5.89. The molecular formula is C16H21F4N3O2. The lowest BCUT2D eigenvalue weighted by Gasteiger charge is -2.29. The zero-order chi connectivity index (χ0) is 18.4. The minimum absolute atomic E-state index is 0.260. The number of aliphatic hydroxyl groups is 1. The number of aliphatic hydroxyl groups excluding tert-OH is 1. The molecule has 3 N–H and O–H groups in total. The van der Waals surface area contributed by atoms with E-state index in [1.807, 2.05) is 0 Å². The van der Waals surface area contributed by atoms with E-state index in [1.54, 1.807) is 0 Å². The van der Waals surface area contributed by atoms with E-state index < -0.39 is 23.6 Å². The summed E-state index contributed by atoms with van der Waals surface area (Å²) in [5, 5.41) is 14.3. The van der Waals surface area contributed by atoms with E-state index in [2.05, 4.69) is 15.5 Å². The summed E-state index contributed by atoms with van der Waals surface area (Å²) in [6.45, 7) is 2.53. The van der Waals surface area contributed by atoms with Crippen molar-refractivity contribution in [3.05, 3.63) is 29.6 Å². The molecule has 0 spiro atoms. The molecule has 2 amide bonds. The molecule has 1 atom stereocenters. The molecule has 1 fully saturated rings. The Morgan fingerprint density at radius 3 is 2.76 bits per heavy atom. The quantitative estimate of drug-likeness (QED) is 0.557.